The molecule has 3 nitrogen and oxygen atoms in total. The molecule has 3 N–H and O–H groups in total. The Bertz CT molecular complexity index is 553. The van der Waals surface area contributed by atoms with Crippen molar-refractivity contribution in [3.05, 3.63) is 36.0 Å². The summed E-state index contributed by atoms with van der Waals surface area (Å²) in [6.45, 7) is 1.53. The maximum Gasteiger partial charge on any atom is 0.0771 e. The van der Waals surface area contributed by atoms with Gasteiger partial charge >= 0.3 is 0 Å². The third kappa shape index (κ3) is 3.22. The third-order valence-corrected chi connectivity index (χ3v) is 4.44. The molecule has 0 aliphatic heterocycles. The van der Waals surface area contributed by atoms with Gasteiger partial charge in [-0.1, -0.05) is 31.7 Å². The fourth-order valence-corrected chi connectivity index (χ4v) is 3.22. The molecule has 108 valence electrons. The van der Waals surface area contributed by atoms with Crippen LogP contribution in [0.1, 0.15) is 44.1 Å². The van der Waals surface area contributed by atoms with Crippen LogP contribution >= 0.6 is 0 Å². The van der Waals surface area contributed by atoms with Crippen LogP contribution < -0.4 is 5.32 Å². The summed E-state index contributed by atoms with van der Waals surface area (Å²) in [5.41, 5.74) is 1.96. The van der Waals surface area contributed by atoms with Crippen molar-refractivity contribution in [3.8, 4) is 0 Å². The summed E-state index contributed by atoms with van der Waals surface area (Å²) in [6, 6.07) is 8.56. The molecular weight excluding hydrogens is 248 g/mol. The van der Waals surface area contributed by atoms with E-state index in [1.165, 1.54) is 29.3 Å². The van der Waals surface area contributed by atoms with Crippen LogP contribution in [-0.4, -0.2) is 22.2 Å². The molecule has 0 bridgehead atoms. The zero-order valence-electron chi connectivity index (χ0n) is 12.0. The highest BCUT2D eigenvalue weighted by atomic mass is 16.3. The van der Waals surface area contributed by atoms with E-state index in [1.807, 2.05) is 6.20 Å². The lowest BCUT2D eigenvalue weighted by molar-refractivity contribution is 0.0250. The van der Waals surface area contributed by atoms with E-state index >= 15 is 0 Å². The summed E-state index contributed by atoms with van der Waals surface area (Å²) in [5.74, 6) is 0. The fraction of sp³-hybridized carbons (Fsp3) is 0.529. The van der Waals surface area contributed by atoms with Crippen LogP contribution in [0.25, 0.3) is 10.9 Å². The SMILES string of the molecule is OC1(CNCc2ccc3[nH]ccc3c2)CCCCCC1. The predicted molar refractivity (Wildman–Crippen MR) is 82.7 cm³/mol. The van der Waals surface area contributed by atoms with Crippen LogP contribution in [0.5, 0.6) is 0 Å². The highest BCUT2D eigenvalue weighted by molar-refractivity contribution is 5.79. The zero-order chi connectivity index (χ0) is 13.8. The third-order valence-electron chi connectivity index (χ3n) is 4.44. The maximum absolute atomic E-state index is 10.6. The van der Waals surface area contributed by atoms with Gasteiger partial charge in [0.2, 0.25) is 0 Å². The number of hydrogen-bond acceptors (Lipinski definition) is 2. The van der Waals surface area contributed by atoms with Crippen molar-refractivity contribution in [3.63, 3.8) is 0 Å². The minimum absolute atomic E-state index is 0.491. The van der Waals surface area contributed by atoms with E-state index in [1.54, 1.807) is 0 Å². The lowest BCUT2D eigenvalue weighted by Crippen LogP contribution is -2.39. The Morgan fingerprint density at radius 1 is 1.10 bits per heavy atom. The first-order valence-electron chi connectivity index (χ1n) is 7.74. The second-order valence-corrected chi connectivity index (χ2v) is 6.14. The average Bonchev–Trinajstić information content (AvgIpc) is 2.80. The molecule has 0 atom stereocenters. The summed E-state index contributed by atoms with van der Waals surface area (Å²) in [5, 5.41) is 15.3. The molecule has 1 heterocycles. The van der Waals surface area contributed by atoms with E-state index in [0.717, 1.165) is 32.2 Å². The van der Waals surface area contributed by atoms with Gasteiger partial charge in [-0.3, -0.25) is 0 Å². The molecular formula is C17H24N2O. The summed E-state index contributed by atoms with van der Waals surface area (Å²) < 4.78 is 0. The number of H-pyrrole nitrogens is 1. The molecule has 2 aromatic rings. The Morgan fingerprint density at radius 3 is 2.70 bits per heavy atom. The summed E-state index contributed by atoms with van der Waals surface area (Å²) in [7, 11) is 0. The first-order valence-corrected chi connectivity index (χ1v) is 7.74. The van der Waals surface area contributed by atoms with Gasteiger partial charge in [-0.25, -0.2) is 0 Å². The van der Waals surface area contributed by atoms with E-state index in [-0.39, 0.29) is 0 Å². The second-order valence-electron chi connectivity index (χ2n) is 6.14. The summed E-state index contributed by atoms with van der Waals surface area (Å²) in [4.78, 5) is 3.21. The summed E-state index contributed by atoms with van der Waals surface area (Å²) >= 11 is 0. The maximum atomic E-state index is 10.6. The van der Waals surface area contributed by atoms with E-state index < -0.39 is 5.60 Å². The number of fused-ring (bicyclic) bond motifs is 1. The quantitative estimate of drug-likeness (QED) is 0.748. The van der Waals surface area contributed by atoms with Gasteiger partial charge in [0.15, 0.2) is 0 Å². The number of aromatic amines is 1. The number of benzene rings is 1. The molecule has 0 spiro atoms. The first kappa shape index (κ1) is 13.7. The number of aliphatic hydroxyl groups is 1. The topological polar surface area (TPSA) is 48.0 Å². The standard InChI is InChI=1S/C17H24N2O/c20-17(8-3-1-2-4-9-17)13-18-12-14-5-6-16-15(11-14)7-10-19-16/h5-7,10-11,18-20H,1-4,8-9,12-13H2. The molecule has 0 amide bonds. The van der Waals surface area contributed by atoms with Gasteiger partial charge in [-0.05, 0) is 42.0 Å². The Kier molecular flexibility index (Phi) is 4.08. The molecule has 1 aromatic heterocycles. The van der Waals surface area contributed by atoms with Crippen LogP contribution in [0.2, 0.25) is 0 Å². The van der Waals surface area contributed by atoms with Gasteiger partial charge in [0.25, 0.3) is 0 Å². The second kappa shape index (κ2) is 5.98. The molecule has 20 heavy (non-hydrogen) atoms. The minimum atomic E-state index is -0.491. The highest BCUT2D eigenvalue weighted by Crippen LogP contribution is 2.26. The van der Waals surface area contributed by atoms with Crippen LogP contribution in [-0.2, 0) is 6.54 Å². The molecule has 0 radical (unpaired) electrons. The van der Waals surface area contributed by atoms with E-state index in [4.69, 9.17) is 0 Å². The van der Waals surface area contributed by atoms with Crippen LogP contribution in [0, 0.1) is 0 Å². The molecule has 1 fully saturated rings. The number of nitrogens with one attached hydrogen (secondary N) is 2. The molecule has 1 aliphatic rings. The number of aromatic nitrogens is 1. The molecule has 1 saturated carbocycles. The van der Waals surface area contributed by atoms with Crippen LogP contribution in [0.3, 0.4) is 0 Å². The van der Waals surface area contributed by atoms with E-state index in [0.29, 0.717) is 6.54 Å². The largest absolute Gasteiger partial charge is 0.389 e. The van der Waals surface area contributed by atoms with Gasteiger partial charge in [0.1, 0.15) is 0 Å². The van der Waals surface area contributed by atoms with Gasteiger partial charge < -0.3 is 15.4 Å². The van der Waals surface area contributed by atoms with Crippen molar-refractivity contribution < 1.29 is 5.11 Å². The number of rotatable bonds is 4. The van der Waals surface area contributed by atoms with Crippen molar-refractivity contribution >= 4 is 10.9 Å². The fourth-order valence-electron chi connectivity index (χ4n) is 3.22. The monoisotopic (exact) mass is 272 g/mol. The molecule has 0 unspecified atom stereocenters. The number of hydrogen-bond donors (Lipinski definition) is 3. The van der Waals surface area contributed by atoms with Crippen molar-refractivity contribution in [1.29, 1.82) is 0 Å². The van der Waals surface area contributed by atoms with Crippen molar-refractivity contribution in [2.24, 2.45) is 0 Å². The van der Waals surface area contributed by atoms with Crippen LogP contribution in [0.15, 0.2) is 30.5 Å². The molecule has 0 saturated heterocycles. The zero-order valence-corrected chi connectivity index (χ0v) is 12.0. The normalized spacial score (nSPS) is 19.1. The Morgan fingerprint density at radius 2 is 1.90 bits per heavy atom. The van der Waals surface area contributed by atoms with Gasteiger partial charge in [0.05, 0.1) is 5.60 Å². The van der Waals surface area contributed by atoms with E-state index in [9.17, 15) is 5.11 Å². The Labute approximate surface area is 120 Å². The van der Waals surface area contributed by atoms with E-state index in [2.05, 4.69) is 34.6 Å². The lowest BCUT2D eigenvalue weighted by atomic mass is 9.94. The van der Waals surface area contributed by atoms with Gasteiger partial charge in [0, 0.05) is 24.8 Å². The Hall–Kier alpha value is -1.32. The van der Waals surface area contributed by atoms with Crippen molar-refractivity contribution in [2.75, 3.05) is 6.54 Å². The van der Waals surface area contributed by atoms with Gasteiger partial charge in [-0.15, -0.1) is 0 Å². The molecule has 3 heteroatoms. The smallest absolute Gasteiger partial charge is 0.0771 e. The average molecular weight is 272 g/mol. The Balaban J connectivity index is 1.56. The molecule has 3 rings (SSSR count). The van der Waals surface area contributed by atoms with Gasteiger partial charge in [-0.2, -0.15) is 0 Å². The highest BCUT2D eigenvalue weighted by Gasteiger charge is 2.27. The first-order chi connectivity index (χ1) is 9.75. The van der Waals surface area contributed by atoms with Crippen LogP contribution in [0.4, 0.5) is 0 Å². The molecule has 1 aliphatic carbocycles. The minimum Gasteiger partial charge on any atom is -0.389 e. The van der Waals surface area contributed by atoms with Crippen molar-refractivity contribution in [2.45, 2.75) is 50.7 Å². The lowest BCUT2D eigenvalue weighted by Gasteiger charge is -2.27. The predicted octanol–water partition coefficient (Wildman–Crippen LogP) is 3.34. The molecule has 1 aromatic carbocycles. The summed E-state index contributed by atoms with van der Waals surface area (Å²) in [6.07, 6.45) is 8.71. The van der Waals surface area contributed by atoms with Crippen molar-refractivity contribution in [1.82, 2.24) is 10.3 Å².